The Morgan fingerprint density at radius 2 is 2.36 bits per heavy atom. The number of rotatable bonds is 2. The van der Waals surface area contributed by atoms with E-state index in [9.17, 15) is 9.59 Å². The Morgan fingerprint density at radius 1 is 1.64 bits per heavy atom. The van der Waals surface area contributed by atoms with Gasteiger partial charge in [-0.1, -0.05) is 0 Å². The molecule has 0 fully saturated rings. The Kier molecular flexibility index (Phi) is 1.94. The molecule has 1 aromatic rings. The minimum Gasteiger partial charge on any atom is -0.481 e. The van der Waals surface area contributed by atoms with Gasteiger partial charge >= 0.3 is 5.97 Å². The molecule has 14 heavy (non-hydrogen) atoms. The van der Waals surface area contributed by atoms with Gasteiger partial charge in [-0.15, -0.1) is 0 Å². The molecule has 1 aliphatic rings. The number of carboxylic acids is 1. The largest absolute Gasteiger partial charge is 0.481 e. The number of H-pyrrole nitrogens is 1. The van der Waals surface area contributed by atoms with Crippen molar-refractivity contribution in [2.75, 3.05) is 0 Å². The van der Waals surface area contributed by atoms with E-state index in [-0.39, 0.29) is 17.9 Å². The van der Waals surface area contributed by atoms with Crippen LogP contribution in [0.1, 0.15) is 17.7 Å². The van der Waals surface area contributed by atoms with Crippen molar-refractivity contribution in [3.8, 4) is 0 Å². The number of hydrogen-bond acceptors (Lipinski definition) is 2. The van der Waals surface area contributed by atoms with Crippen molar-refractivity contribution in [3.05, 3.63) is 21.6 Å². The van der Waals surface area contributed by atoms with E-state index in [2.05, 4.69) is 5.10 Å². The molecular formula is C9H12N2O3. The van der Waals surface area contributed by atoms with Crippen molar-refractivity contribution in [3.63, 3.8) is 0 Å². The van der Waals surface area contributed by atoms with Gasteiger partial charge in [0.05, 0.1) is 0 Å². The van der Waals surface area contributed by atoms with Crippen LogP contribution in [0.15, 0.2) is 4.79 Å². The molecule has 2 rings (SSSR count). The summed E-state index contributed by atoms with van der Waals surface area (Å²) in [5.41, 5.74) is 1.65. The predicted octanol–water partition coefficient (Wildman–Crippen LogP) is -0.0971. The van der Waals surface area contributed by atoms with Crippen LogP contribution in [0.5, 0.6) is 0 Å². The third-order valence-corrected chi connectivity index (χ3v) is 2.68. The lowest BCUT2D eigenvalue weighted by Crippen LogP contribution is -2.17. The Balaban J connectivity index is 2.19. The number of fused-ring (bicyclic) bond motifs is 1. The molecule has 1 aliphatic carbocycles. The zero-order chi connectivity index (χ0) is 10.3. The number of carbonyl (C=O) groups is 1. The fourth-order valence-corrected chi connectivity index (χ4v) is 2.07. The summed E-state index contributed by atoms with van der Waals surface area (Å²) in [6.45, 7) is 0. The van der Waals surface area contributed by atoms with E-state index in [0.717, 1.165) is 11.3 Å². The molecule has 1 aromatic heterocycles. The number of aromatic amines is 1. The van der Waals surface area contributed by atoms with Crippen molar-refractivity contribution < 1.29 is 9.90 Å². The molecule has 1 heterocycles. The van der Waals surface area contributed by atoms with Crippen molar-refractivity contribution in [2.24, 2.45) is 13.0 Å². The zero-order valence-electron chi connectivity index (χ0n) is 7.91. The van der Waals surface area contributed by atoms with Gasteiger partial charge in [-0.25, -0.2) is 0 Å². The summed E-state index contributed by atoms with van der Waals surface area (Å²) >= 11 is 0. The molecule has 1 atom stereocenters. The molecule has 0 aromatic carbocycles. The monoisotopic (exact) mass is 196 g/mol. The van der Waals surface area contributed by atoms with Gasteiger partial charge in [0.15, 0.2) is 0 Å². The molecule has 0 bridgehead atoms. The van der Waals surface area contributed by atoms with E-state index in [4.69, 9.17) is 5.11 Å². The van der Waals surface area contributed by atoms with E-state index < -0.39 is 5.97 Å². The van der Waals surface area contributed by atoms with Gasteiger partial charge in [-0.3, -0.25) is 19.4 Å². The maximum absolute atomic E-state index is 11.5. The van der Waals surface area contributed by atoms with Crippen molar-refractivity contribution >= 4 is 5.97 Å². The number of aliphatic carboxylic acids is 1. The van der Waals surface area contributed by atoms with Gasteiger partial charge in [-0.05, 0) is 18.8 Å². The van der Waals surface area contributed by atoms with Crippen LogP contribution < -0.4 is 5.56 Å². The summed E-state index contributed by atoms with van der Waals surface area (Å²) in [5, 5.41) is 11.6. The van der Waals surface area contributed by atoms with Crippen LogP contribution in [0.3, 0.4) is 0 Å². The highest BCUT2D eigenvalue weighted by Gasteiger charge is 2.27. The molecule has 1 unspecified atom stereocenters. The maximum atomic E-state index is 11.5. The first-order chi connectivity index (χ1) is 6.58. The van der Waals surface area contributed by atoms with Crippen LogP contribution in [0.4, 0.5) is 0 Å². The highest BCUT2D eigenvalue weighted by molar-refractivity contribution is 5.67. The molecule has 0 radical (unpaired) electrons. The van der Waals surface area contributed by atoms with Crippen LogP contribution in [0.2, 0.25) is 0 Å². The number of nitrogens with zero attached hydrogens (tertiary/aromatic N) is 1. The van der Waals surface area contributed by atoms with Gasteiger partial charge in [0.1, 0.15) is 0 Å². The van der Waals surface area contributed by atoms with Gasteiger partial charge < -0.3 is 5.11 Å². The quantitative estimate of drug-likeness (QED) is 0.693. The van der Waals surface area contributed by atoms with E-state index >= 15 is 0 Å². The van der Waals surface area contributed by atoms with Crippen LogP contribution >= 0.6 is 0 Å². The van der Waals surface area contributed by atoms with E-state index in [0.29, 0.717) is 12.8 Å². The molecule has 5 heteroatoms. The standard InChI is InChI=1S/C9H12N2O3/c1-11-9(14)6-2-5(4-8(12)13)3-7(6)10-11/h5,10H,2-4H2,1H3,(H,12,13). The molecule has 76 valence electrons. The summed E-state index contributed by atoms with van der Waals surface area (Å²) in [6.07, 6.45) is 1.42. The molecule has 2 N–H and O–H groups in total. The second kappa shape index (κ2) is 3.01. The Labute approximate surface area is 80.3 Å². The SMILES string of the molecule is Cn1[nH]c2c(c1=O)CC(CC(=O)O)C2. The van der Waals surface area contributed by atoms with Crippen molar-refractivity contribution in [1.82, 2.24) is 9.78 Å². The zero-order valence-corrected chi connectivity index (χ0v) is 7.91. The fourth-order valence-electron chi connectivity index (χ4n) is 2.07. The minimum absolute atomic E-state index is 0.0205. The molecule has 5 nitrogen and oxygen atoms in total. The number of carboxylic acid groups (broad SMARTS) is 1. The van der Waals surface area contributed by atoms with Gasteiger partial charge in [-0.2, -0.15) is 0 Å². The fraction of sp³-hybridized carbons (Fsp3) is 0.556. The molecule has 0 spiro atoms. The first kappa shape index (κ1) is 9.05. The molecule has 0 saturated heterocycles. The van der Waals surface area contributed by atoms with E-state index in [1.807, 2.05) is 0 Å². The third-order valence-electron chi connectivity index (χ3n) is 2.68. The normalized spacial score (nSPS) is 19.6. The summed E-state index contributed by atoms with van der Waals surface area (Å²) in [5.74, 6) is -0.709. The maximum Gasteiger partial charge on any atom is 0.303 e. The Morgan fingerprint density at radius 3 is 2.93 bits per heavy atom. The van der Waals surface area contributed by atoms with Crippen LogP contribution in [-0.4, -0.2) is 20.9 Å². The topological polar surface area (TPSA) is 75.1 Å². The van der Waals surface area contributed by atoms with E-state index in [1.165, 1.54) is 4.68 Å². The number of nitrogens with one attached hydrogen (secondary N) is 1. The molecule has 0 amide bonds. The van der Waals surface area contributed by atoms with Crippen molar-refractivity contribution in [2.45, 2.75) is 19.3 Å². The van der Waals surface area contributed by atoms with Crippen molar-refractivity contribution in [1.29, 1.82) is 0 Å². The lowest BCUT2D eigenvalue weighted by molar-refractivity contribution is -0.138. The number of aryl methyl sites for hydroxylation is 1. The second-order valence-electron chi connectivity index (χ2n) is 3.81. The Bertz CT molecular complexity index is 430. The first-order valence-corrected chi connectivity index (χ1v) is 4.56. The first-order valence-electron chi connectivity index (χ1n) is 4.56. The second-order valence-corrected chi connectivity index (χ2v) is 3.81. The average Bonchev–Trinajstić information content (AvgIpc) is 2.54. The van der Waals surface area contributed by atoms with Crippen LogP contribution in [-0.2, 0) is 24.7 Å². The number of aromatic nitrogens is 2. The predicted molar refractivity (Wildman–Crippen MR) is 49.2 cm³/mol. The van der Waals surface area contributed by atoms with Gasteiger partial charge in [0.25, 0.3) is 5.56 Å². The third kappa shape index (κ3) is 1.34. The highest BCUT2D eigenvalue weighted by atomic mass is 16.4. The van der Waals surface area contributed by atoms with E-state index in [1.54, 1.807) is 7.05 Å². The summed E-state index contributed by atoms with van der Waals surface area (Å²) < 4.78 is 1.45. The summed E-state index contributed by atoms with van der Waals surface area (Å²) in [6, 6.07) is 0. The smallest absolute Gasteiger partial charge is 0.303 e. The van der Waals surface area contributed by atoms with Crippen LogP contribution in [0.25, 0.3) is 0 Å². The highest BCUT2D eigenvalue weighted by Crippen LogP contribution is 2.24. The molecular weight excluding hydrogens is 184 g/mol. The average molecular weight is 196 g/mol. The lowest BCUT2D eigenvalue weighted by atomic mass is 10.0. The van der Waals surface area contributed by atoms with Gasteiger partial charge in [0, 0.05) is 24.7 Å². The molecule has 0 aliphatic heterocycles. The van der Waals surface area contributed by atoms with Crippen LogP contribution in [0, 0.1) is 5.92 Å². The summed E-state index contributed by atoms with van der Waals surface area (Å²) in [7, 11) is 1.67. The lowest BCUT2D eigenvalue weighted by Gasteiger charge is -2.04. The Hall–Kier alpha value is -1.52. The minimum atomic E-state index is -0.794. The van der Waals surface area contributed by atoms with Gasteiger partial charge in [0.2, 0.25) is 0 Å². The summed E-state index contributed by atoms with van der Waals surface area (Å²) in [4.78, 5) is 22.0. The molecule has 0 saturated carbocycles. The number of hydrogen-bond donors (Lipinski definition) is 2.